The Morgan fingerprint density at radius 1 is 1.45 bits per heavy atom. The Kier molecular flexibility index (Phi) is 3.31. The molecular formula is C14H17N3O3. The fraction of sp³-hybridized carbons (Fsp3) is 0.429. The van der Waals surface area contributed by atoms with Crippen molar-refractivity contribution < 1.29 is 15.0 Å². The van der Waals surface area contributed by atoms with E-state index >= 15 is 0 Å². The average Bonchev–Trinajstić information content (AvgIpc) is 2.80. The lowest BCUT2D eigenvalue weighted by Crippen LogP contribution is -2.36. The molecule has 1 atom stereocenters. The third-order valence-electron chi connectivity index (χ3n) is 3.75. The highest BCUT2D eigenvalue weighted by Gasteiger charge is 2.21. The second kappa shape index (κ2) is 5.13. The lowest BCUT2D eigenvalue weighted by molar-refractivity contribution is 0.0693. The minimum atomic E-state index is -1.07. The Labute approximate surface area is 116 Å². The summed E-state index contributed by atoms with van der Waals surface area (Å²) >= 11 is 0. The first-order chi connectivity index (χ1) is 9.66. The van der Waals surface area contributed by atoms with Crippen molar-refractivity contribution in [1.82, 2.24) is 14.7 Å². The summed E-state index contributed by atoms with van der Waals surface area (Å²) in [7, 11) is 0. The number of pyridine rings is 1. The zero-order valence-electron chi connectivity index (χ0n) is 11.0. The summed E-state index contributed by atoms with van der Waals surface area (Å²) in [6, 6.07) is 5.11. The minimum absolute atomic E-state index is 0.00768. The fourth-order valence-corrected chi connectivity index (χ4v) is 2.80. The van der Waals surface area contributed by atoms with Gasteiger partial charge in [-0.3, -0.25) is 4.40 Å². The van der Waals surface area contributed by atoms with E-state index in [9.17, 15) is 15.0 Å². The maximum Gasteiger partial charge on any atom is 0.356 e. The predicted molar refractivity (Wildman–Crippen MR) is 73.2 cm³/mol. The van der Waals surface area contributed by atoms with Crippen molar-refractivity contribution in [2.45, 2.75) is 31.7 Å². The van der Waals surface area contributed by atoms with Gasteiger partial charge in [-0.15, -0.1) is 0 Å². The molecule has 0 aliphatic carbocycles. The minimum Gasteiger partial charge on any atom is -0.494 e. The molecule has 2 aromatic heterocycles. The number of aromatic hydroxyl groups is 1. The number of nitrogens with one attached hydrogen (secondary N) is 1. The summed E-state index contributed by atoms with van der Waals surface area (Å²) in [6.07, 6.45) is 4.00. The van der Waals surface area contributed by atoms with Gasteiger partial charge in [-0.05, 0) is 31.5 Å². The summed E-state index contributed by atoms with van der Waals surface area (Å²) in [6.45, 7) is 0.978. The maximum atomic E-state index is 11.3. The van der Waals surface area contributed by atoms with E-state index in [0.29, 0.717) is 17.8 Å². The second-order valence-corrected chi connectivity index (χ2v) is 5.14. The molecule has 106 valence electrons. The lowest BCUT2D eigenvalue weighted by atomic mass is 10.0. The monoisotopic (exact) mass is 275 g/mol. The molecule has 0 amide bonds. The van der Waals surface area contributed by atoms with Gasteiger partial charge in [0.2, 0.25) is 0 Å². The number of aromatic carboxylic acids is 1. The number of carboxylic acids is 1. The number of aromatic nitrogens is 2. The van der Waals surface area contributed by atoms with Gasteiger partial charge in [-0.2, -0.15) is 0 Å². The molecular weight excluding hydrogens is 258 g/mol. The van der Waals surface area contributed by atoms with Crippen LogP contribution in [0.4, 0.5) is 0 Å². The largest absolute Gasteiger partial charge is 0.494 e. The molecule has 3 rings (SSSR count). The van der Waals surface area contributed by atoms with Crippen LogP contribution in [0.25, 0.3) is 5.52 Å². The van der Waals surface area contributed by atoms with Crippen LogP contribution in [0.5, 0.6) is 5.88 Å². The quantitative estimate of drug-likeness (QED) is 0.788. The van der Waals surface area contributed by atoms with Crippen molar-refractivity contribution >= 4 is 11.5 Å². The molecule has 1 aliphatic heterocycles. The average molecular weight is 275 g/mol. The van der Waals surface area contributed by atoms with Gasteiger partial charge >= 0.3 is 5.97 Å². The van der Waals surface area contributed by atoms with Gasteiger partial charge in [0.05, 0.1) is 5.52 Å². The fourth-order valence-electron chi connectivity index (χ4n) is 2.80. The van der Waals surface area contributed by atoms with Crippen LogP contribution >= 0.6 is 0 Å². The van der Waals surface area contributed by atoms with Crippen molar-refractivity contribution in [3.63, 3.8) is 0 Å². The molecule has 0 aromatic carbocycles. The Morgan fingerprint density at radius 2 is 2.30 bits per heavy atom. The molecule has 1 saturated heterocycles. The number of carbonyl (C=O) groups is 1. The summed E-state index contributed by atoms with van der Waals surface area (Å²) < 4.78 is 1.53. The lowest BCUT2D eigenvalue weighted by Gasteiger charge is -2.22. The maximum absolute atomic E-state index is 11.3. The molecule has 3 N–H and O–H groups in total. The van der Waals surface area contributed by atoms with Crippen LogP contribution in [0, 0.1) is 0 Å². The SMILES string of the molecule is O=C(O)c1nc(CC2CCCCN2)n2c(O)cccc12. The third kappa shape index (κ3) is 2.22. The van der Waals surface area contributed by atoms with E-state index in [-0.39, 0.29) is 17.6 Å². The highest BCUT2D eigenvalue weighted by molar-refractivity contribution is 5.93. The molecule has 0 bridgehead atoms. The summed E-state index contributed by atoms with van der Waals surface area (Å²) in [5.74, 6) is -0.459. The Hall–Kier alpha value is -2.08. The normalized spacial score (nSPS) is 19.3. The zero-order valence-corrected chi connectivity index (χ0v) is 11.0. The number of carboxylic acid groups (broad SMARTS) is 1. The number of hydrogen-bond donors (Lipinski definition) is 3. The summed E-state index contributed by atoms with van der Waals surface area (Å²) in [4.78, 5) is 15.5. The Morgan fingerprint density at radius 3 is 3.00 bits per heavy atom. The smallest absolute Gasteiger partial charge is 0.356 e. The van der Waals surface area contributed by atoms with Crippen molar-refractivity contribution in [3.05, 3.63) is 29.7 Å². The second-order valence-electron chi connectivity index (χ2n) is 5.14. The molecule has 0 saturated carbocycles. The first-order valence-corrected chi connectivity index (χ1v) is 6.83. The third-order valence-corrected chi connectivity index (χ3v) is 3.75. The molecule has 2 aromatic rings. The first kappa shape index (κ1) is 12.9. The highest BCUT2D eigenvalue weighted by Crippen LogP contribution is 2.22. The number of fused-ring (bicyclic) bond motifs is 1. The molecule has 20 heavy (non-hydrogen) atoms. The molecule has 1 fully saturated rings. The van der Waals surface area contributed by atoms with Crippen LogP contribution in [-0.2, 0) is 6.42 Å². The van der Waals surface area contributed by atoms with Crippen molar-refractivity contribution in [1.29, 1.82) is 0 Å². The van der Waals surface area contributed by atoms with E-state index in [1.165, 1.54) is 23.3 Å². The van der Waals surface area contributed by atoms with Crippen LogP contribution in [0.3, 0.4) is 0 Å². The Bertz CT molecular complexity index is 644. The predicted octanol–water partition coefficient (Wildman–Crippen LogP) is 1.42. The van der Waals surface area contributed by atoms with Gasteiger partial charge in [-0.25, -0.2) is 9.78 Å². The molecule has 1 unspecified atom stereocenters. The first-order valence-electron chi connectivity index (χ1n) is 6.83. The topological polar surface area (TPSA) is 86.9 Å². The van der Waals surface area contributed by atoms with E-state index in [2.05, 4.69) is 10.3 Å². The van der Waals surface area contributed by atoms with E-state index < -0.39 is 5.97 Å². The van der Waals surface area contributed by atoms with Crippen LogP contribution in [0.1, 0.15) is 35.6 Å². The molecule has 1 aliphatic rings. The number of nitrogens with zero attached hydrogens (tertiary/aromatic N) is 2. The van der Waals surface area contributed by atoms with Crippen molar-refractivity contribution in [3.8, 4) is 5.88 Å². The number of piperidine rings is 1. The standard InChI is InChI=1S/C14H17N3O3/c18-12-6-3-5-10-13(14(19)20)16-11(17(10)12)8-9-4-1-2-7-15-9/h3,5-6,9,15,18H,1-2,4,7-8H2,(H,19,20). The van der Waals surface area contributed by atoms with Crippen LogP contribution in [0.2, 0.25) is 0 Å². The van der Waals surface area contributed by atoms with Gasteiger partial charge in [0.25, 0.3) is 0 Å². The Balaban J connectivity index is 2.03. The van der Waals surface area contributed by atoms with Gasteiger partial charge in [-0.1, -0.05) is 12.5 Å². The number of rotatable bonds is 3. The van der Waals surface area contributed by atoms with Crippen LogP contribution < -0.4 is 5.32 Å². The van der Waals surface area contributed by atoms with Crippen molar-refractivity contribution in [2.24, 2.45) is 0 Å². The van der Waals surface area contributed by atoms with Crippen LogP contribution in [0.15, 0.2) is 18.2 Å². The molecule has 6 nitrogen and oxygen atoms in total. The van der Waals surface area contributed by atoms with Crippen molar-refractivity contribution in [2.75, 3.05) is 6.54 Å². The molecule has 0 spiro atoms. The molecule has 0 radical (unpaired) electrons. The van der Waals surface area contributed by atoms with Crippen LogP contribution in [-0.4, -0.2) is 38.2 Å². The van der Waals surface area contributed by atoms with E-state index in [0.717, 1.165) is 13.0 Å². The van der Waals surface area contributed by atoms with E-state index in [1.54, 1.807) is 12.1 Å². The van der Waals surface area contributed by atoms with Gasteiger partial charge in [0.1, 0.15) is 5.82 Å². The van der Waals surface area contributed by atoms with E-state index in [4.69, 9.17) is 0 Å². The zero-order chi connectivity index (χ0) is 14.1. The number of imidazole rings is 1. The molecule has 3 heterocycles. The number of hydrogen-bond acceptors (Lipinski definition) is 4. The highest BCUT2D eigenvalue weighted by atomic mass is 16.4. The summed E-state index contributed by atoms with van der Waals surface area (Å²) in [5, 5.41) is 22.6. The summed E-state index contributed by atoms with van der Waals surface area (Å²) in [5.41, 5.74) is 0.426. The van der Waals surface area contributed by atoms with Gasteiger partial charge in [0, 0.05) is 12.5 Å². The molecule has 6 heteroatoms. The van der Waals surface area contributed by atoms with Gasteiger partial charge < -0.3 is 15.5 Å². The van der Waals surface area contributed by atoms with Gasteiger partial charge in [0.15, 0.2) is 11.6 Å². The van der Waals surface area contributed by atoms with E-state index in [1.807, 2.05) is 0 Å².